The highest BCUT2D eigenvalue weighted by atomic mass is 16.4. The summed E-state index contributed by atoms with van der Waals surface area (Å²) in [5.74, 6) is 2.94. The van der Waals surface area contributed by atoms with Gasteiger partial charge in [-0.05, 0) is 30.5 Å². The van der Waals surface area contributed by atoms with Crippen LogP contribution in [0.3, 0.4) is 0 Å². The largest absolute Gasteiger partial charge is 0.463 e. The Balaban J connectivity index is 1.68. The van der Waals surface area contributed by atoms with Crippen LogP contribution in [0.5, 0.6) is 0 Å². The van der Waals surface area contributed by atoms with Crippen molar-refractivity contribution < 1.29 is 9.52 Å². The van der Waals surface area contributed by atoms with Crippen LogP contribution in [0.15, 0.2) is 28.8 Å². The quantitative estimate of drug-likeness (QED) is 0.901. The highest BCUT2D eigenvalue weighted by Gasteiger charge is 2.36. The van der Waals surface area contributed by atoms with Gasteiger partial charge in [-0.3, -0.25) is 4.68 Å². The second-order valence-electron chi connectivity index (χ2n) is 5.26. The molecule has 0 spiro atoms. The van der Waals surface area contributed by atoms with Crippen LogP contribution in [0, 0.1) is 5.92 Å². The Hall–Kier alpha value is -1.55. The first-order valence-electron chi connectivity index (χ1n) is 6.39. The average Bonchev–Trinajstić information content (AvgIpc) is 2.79. The zero-order chi connectivity index (χ0) is 12.7. The summed E-state index contributed by atoms with van der Waals surface area (Å²) in [6, 6.07) is 5.79. The third-order valence-electron chi connectivity index (χ3n) is 3.62. The van der Waals surface area contributed by atoms with E-state index in [4.69, 9.17) is 4.42 Å². The van der Waals surface area contributed by atoms with Crippen molar-refractivity contribution in [3.05, 3.63) is 41.6 Å². The molecule has 0 aromatic carbocycles. The third kappa shape index (κ3) is 2.20. The predicted molar refractivity (Wildman–Crippen MR) is 67.1 cm³/mol. The molecule has 3 unspecified atom stereocenters. The van der Waals surface area contributed by atoms with Crippen LogP contribution in [0.4, 0.5) is 0 Å². The smallest absolute Gasteiger partial charge is 0.133 e. The normalized spacial score (nSPS) is 24.2. The lowest BCUT2D eigenvalue weighted by Gasteiger charge is -2.05. The van der Waals surface area contributed by atoms with E-state index in [0.717, 1.165) is 17.4 Å². The number of nitrogens with zero attached hydrogens (tertiary/aromatic N) is 2. The van der Waals surface area contributed by atoms with Gasteiger partial charge in [-0.25, -0.2) is 0 Å². The van der Waals surface area contributed by atoms with E-state index in [9.17, 15) is 5.11 Å². The summed E-state index contributed by atoms with van der Waals surface area (Å²) in [5, 5.41) is 14.4. The Kier molecular flexibility index (Phi) is 2.74. The van der Waals surface area contributed by atoms with Gasteiger partial charge in [-0.1, -0.05) is 6.92 Å². The number of aliphatic hydroxyl groups excluding tert-OH is 1. The summed E-state index contributed by atoms with van der Waals surface area (Å²) in [6.45, 7) is 2.22. The monoisotopic (exact) mass is 246 g/mol. The van der Waals surface area contributed by atoms with Crippen molar-refractivity contribution in [1.82, 2.24) is 9.78 Å². The van der Waals surface area contributed by atoms with Crippen LogP contribution >= 0.6 is 0 Å². The van der Waals surface area contributed by atoms with Crippen LogP contribution in [0.1, 0.15) is 42.6 Å². The Labute approximate surface area is 106 Å². The molecule has 2 heterocycles. The Morgan fingerprint density at radius 3 is 2.89 bits per heavy atom. The Bertz CT molecular complexity index is 543. The average molecular weight is 246 g/mol. The van der Waals surface area contributed by atoms with Crippen molar-refractivity contribution in [2.75, 3.05) is 0 Å². The summed E-state index contributed by atoms with van der Waals surface area (Å²) in [5.41, 5.74) is 0.878. The van der Waals surface area contributed by atoms with Gasteiger partial charge in [0.1, 0.15) is 17.6 Å². The summed E-state index contributed by atoms with van der Waals surface area (Å²) in [6.07, 6.45) is 2.96. The number of hydrogen-bond acceptors (Lipinski definition) is 3. The second kappa shape index (κ2) is 4.28. The number of rotatable bonds is 4. The van der Waals surface area contributed by atoms with Crippen molar-refractivity contribution >= 4 is 0 Å². The summed E-state index contributed by atoms with van der Waals surface area (Å²) in [4.78, 5) is 0. The molecule has 4 heteroatoms. The van der Waals surface area contributed by atoms with Gasteiger partial charge < -0.3 is 9.52 Å². The van der Waals surface area contributed by atoms with Gasteiger partial charge in [0.2, 0.25) is 0 Å². The maximum absolute atomic E-state index is 10.1. The van der Waals surface area contributed by atoms with Crippen LogP contribution in [-0.2, 0) is 13.5 Å². The van der Waals surface area contributed by atoms with Gasteiger partial charge in [0, 0.05) is 25.6 Å². The van der Waals surface area contributed by atoms with Gasteiger partial charge in [0.25, 0.3) is 0 Å². The molecule has 0 aliphatic heterocycles. The van der Waals surface area contributed by atoms with E-state index in [1.54, 1.807) is 4.68 Å². The van der Waals surface area contributed by atoms with E-state index >= 15 is 0 Å². The predicted octanol–water partition coefficient (Wildman–Crippen LogP) is 2.41. The number of aliphatic hydroxyl groups is 1. The SMILES string of the molecule is CC1CC1c1ccc(C(O)Cc2ccn(C)n2)o1. The van der Waals surface area contributed by atoms with Crippen LogP contribution < -0.4 is 0 Å². The zero-order valence-electron chi connectivity index (χ0n) is 10.7. The van der Waals surface area contributed by atoms with Gasteiger partial charge in [0.15, 0.2) is 0 Å². The fourth-order valence-corrected chi connectivity index (χ4v) is 2.34. The number of furan rings is 1. The topological polar surface area (TPSA) is 51.2 Å². The summed E-state index contributed by atoms with van der Waals surface area (Å²) >= 11 is 0. The standard InChI is InChI=1S/C14H18N2O2/c1-9-7-11(9)13-3-4-14(18-13)12(17)8-10-5-6-16(2)15-10/h3-6,9,11-12,17H,7-8H2,1-2H3. The van der Waals surface area contributed by atoms with Gasteiger partial charge in [-0.15, -0.1) is 0 Å². The van der Waals surface area contributed by atoms with E-state index in [1.165, 1.54) is 6.42 Å². The lowest BCUT2D eigenvalue weighted by atomic mass is 10.1. The highest BCUT2D eigenvalue weighted by molar-refractivity contribution is 5.19. The molecule has 0 bridgehead atoms. The molecule has 1 fully saturated rings. The maximum Gasteiger partial charge on any atom is 0.133 e. The van der Waals surface area contributed by atoms with Crippen LogP contribution in [-0.4, -0.2) is 14.9 Å². The molecule has 2 aromatic heterocycles. The number of aromatic nitrogens is 2. The summed E-state index contributed by atoms with van der Waals surface area (Å²) < 4.78 is 7.47. The minimum atomic E-state index is -0.609. The van der Waals surface area contributed by atoms with Gasteiger partial charge in [0.05, 0.1) is 5.69 Å². The molecule has 1 saturated carbocycles. The fourth-order valence-electron chi connectivity index (χ4n) is 2.34. The molecule has 1 aliphatic carbocycles. The van der Waals surface area contributed by atoms with Crippen LogP contribution in [0.25, 0.3) is 0 Å². The molecular weight excluding hydrogens is 228 g/mol. The zero-order valence-corrected chi connectivity index (χ0v) is 10.7. The fraction of sp³-hybridized carbons (Fsp3) is 0.500. The Morgan fingerprint density at radius 2 is 2.28 bits per heavy atom. The molecule has 18 heavy (non-hydrogen) atoms. The molecule has 1 N–H and O–H groups in total. The number of hydrogen-bond donors (Lipinski definition) is 1. The van der Waals surface area contributed by atoms with E-state index < -0.39 is 6.10 Å². The molecule has 0 amide bonds. The molecule has 4 nitrogen and oxygen atoms in total. The third-order valence-corrected chi connectivity index (χ3v) is 3.62. The highest BCUT2D eigenvalue weighted by Crippen LogP contribution is 2.47. The van der Waals surface area contributed by atoms with Gasteiger partial charge >= 0.3 is 0 Å². The minimum absolute atomic E-state index is 0.494. The maximum atomic E-state index is 10.1. The van der Waals surface area contributed by atoms with Crippen molar-refractivity contribution in [3.63, 3.8) is 0 Å². The summed E-state index contributed by atoms with van der Waals surface area (Å²) in [7, 11) is 1.87. The molecule has 1 aliphatic rings. The lowest BCUT2D eigenvalue weighted by molar-refractivity contribution is 0.147. The minimum Gasteiger partial charge on any atom is -0.463 e. The number of aryl methyl sites for hydroxylation is 1. The first-order chi connectivity index (χ1) is 8.63. The van der Waals surface area contributed by atoms with Crippen LogP contribution in [0.2, 0.25) is 0 Å². The van der Waals surface area contributed by atoms with E-state index in [2.05, 4.69) is 12.0 Å². The van der Waals surface area contributed by atoms with Gasteiger partial charge in [-0.2, -0.15) is 5.10 Å². The Morgan fingerprint density at radius 1 is 1.50 bits per heavy atom. The second-order valence-corrected chi connectivity index (χ2v) is 5.26. The van der Waals surface area contributed by atoms with E-state index in [0.29, 0.717) is 18.1 Å². The molecule has 0 radical (unpaired) electrons. The molecule has 0 saturated heterocycles. The molecule has 2 aromatic rings. The van der Waals surface area contributed by atoms with Crippen molar-refractivity contribution in [2.45, 2.75) is 31.8 Å². The van der Waals surface area contributed by atoms with E-state index in [-0.39, 0.29) is 0 Å². The van der Waals surface area contributed by atoms with Crippen molar-refractivity contribution in [1.29, 1.82) is 0 Å². The van der Waals surface area contributed by atoms with Crippen molar-refractivity contribution in [3.8, 4) is 0 Å². The van der Waals surface area contributed by atoms with E-state index in [1.807, 2.05) is 31.4 Å². The lowest BCUT2D eigenvalue weighted by Crippen LogP contribution is -2.01. The molecule has 3 rings (SSSR count). The first-order valence-corrected chi connectivity index (χ1v) is 6.39. The molecule has 3 atom stereocenters. The first kappa shape index (κ1) is 11.5. The molecular formula is C14H18N2O2. The van der Waals surface area contributed by atoms with Crippen molar-refractivity contribution in [2.24, 2.45) is 13.0 Å². The molecule has 96 valence electrons.